The summed E-state index contributed by atoms with van der Waals surface area (Å²) in [6.45, 7) is 12.3. The third kappa shape index (κ3) is 4.09. The molecule has 1 fully saturated rings. The molecule has 120 valence electrons. The predicted molar refractivity (Wildman–Crippen MR) is 93.0 cm³/mol. The van der Waals surface area contributed by atoms with Gasteiger partial charge in [0.25, 0.3) is 0 Å². The molecule has 1 aromatic heterocycles. The molecular formula is C15H25Br2N3O. The van der Waals surface area contributed by atoms with E-state index >= 15 is 0 Å². The van der Waals surface area contributed by atoms with Crippen molar-refractivity contribution in [2.75, 3.05) is 18.4 Å². The minimum atomic E-state index is -0.103. The summed E-state index contributed by atoms with van der Waals surface area (Å²) >= 11 is 7.30. The number of alkyl halides is 1. The van der Waals surface area contributed by atoms with Gasteiger partial charge in [-0.2, -0.15) is 5.10 Å². The average Bonchev–Trinajstić information content (AvgIpc) is 2.73. The number of hydrogen-bond donors (Lipinski definition) is 0. The van der Waals surface area contributed by atoms with Crippen molar-refractivity contribution >= 4 is 31.9 Å². The summed E-state index contributed by atoms with van der Waals surface area (Å²) in [5.41, 5.74) is 2.32. The number of nitrogens with zero attached hydrogens (tertiary/aromatic N) is 3. The molecule has 0 amide bonds. The zero-order valence-corrected chi connectivity index (χ0v) is 16.5. The second-order valence-corrected chi connectivity index (χ2v) is 7.64. The standard InChI is InChI=1S/C15H25Br2N3O/c1-5-12-14(17)13(20(6-2)18-12)9-19-8-11(7-16)21-15(3,4)10-19/h11H,5-10H2,1-4H3. The van der Waals surface area contributed by atoms with Crippen LogP contribution >= 0.6 is 31.9 Å². The SMILES string of the molecule is CCc1nn(CC)c(CN2CC(CBr)OC(C)(C)C2)c1Br. The van der Waals surface area contributed by atoms with Crippen LogP contribution in [0, 0.1) is 0 Å². The Morgan fingerprint density at radius 3 is 2.67 bits per heavy atom. The summed E-state index contributed by atoms with van der Waals surface area (Å²) in [6.07, 6.45) is 1.20. The molecule has 2 heterocycles. The van der Waals surface area contributed by atoms with Gasteiger partial charge in [0.05, 0.1) is 27.6 Å². The fraction of sp³-hybridized carbons (Fsp3) is 0.800. The van der Waals surface area contributed by atoms with E-state index in [0.717, 1.165) is 43.6 Å². The van der Waals surface area contributed by atoms with Crippen molar-refractivity contribution in [3.63, 3.8) is 0 Å². The minimum absolute atomic E-state index is 0.103. The van der Waals surface area contributed by atoms with Crippen molar-refractivity contribution in [3.05, 3.63) is 15.9 Å². The Bertz CT molecular complexity index is 488. The largest absolute Gasteiger partial charge is 0.369 e. The zero-order valence-electron chi connectivity index (χ0n) is 13.3. The van der Waals surface area contributed by atoms with E-state index < -0.39 is 0 Å². The van der Waals surface area contributed by atoms with Crippen LogP contribution < -0.4 is 0 Å². The third-order valence-corrected chi connectivity index (χ3v) is 5.43. The summed E-state index contributed by atoms with van der Waals surface area (Å²) in [5, 5.41) is 5.57. The number of morpholine rings is 1. The van der Waals surface area contributed by atoms with E-state index in [4.69, 9.17) is 9.84 Å². The van der Waals surface area contributed by atoms with Crippen LogP contribution in [-0.4, -0.2) is 44.8 Å². The first kappa shape index (κ1) is 17.4. The molecule has 1 atom stereocenters. The smallest absolute Gasteiger partial charge is 0.0806 e. The lowest BCUT2D eigenvalue weighted by atomic mass is 10.1. The lowest BCUT2D eigenvalue weighted by Crippen LogP contribution is -2.53. The maximum Gasteiger partial charge on any atom is 0.0806 e. The Kier molecular flexibility index (Phi) is 5.91. The predicted octanol–water partition coefficient (Wildman–Crippen LogP) is 3.60. The van der Waals surface area contributed by atoms with Gasteiger partial charge < -0.3 is 4.74 Å². The number of aryl methyl sites for hydroxylation is 2. The second kappa shape index (κ2) is 7.11. The first-order chi connectivity index (χ1) is 9.90. The second-order valence-electron chi connectivity index (χ2n) is 6.20. The summed E-state index contributed by atoms with van der Waals surface area (Å²) in [4.78, 5) is 2.47. The average molecular weight is 423 g/mol. The molecule has 0 radical (unpaired) electrons. The van der Waals surface area contributed by atoms with E-state index in [0.29, 0.717) is 0 Å². The number of halogens is 2. The molecular weight excluding hydrogens is 398 g/mol. The first-order valence-corrected chi connectivity index (χ1v) is 9.51. The van der Waals surface area contributed by atoms with Crippen LogP contribution in [0.4, 0.5) is 0 Å². The maximum atomic E-state index is 6.08. The Balaban J connectivity index is 2.19. The lowest BCUT2D eigenvalue weighted by molar-refractivity contribution is -0.128. The fourth-order valence-corrected chi connectivity index (χ4v) is 4.02. The molecule has 1 aliphatic heterocycles. The monoisotopic (exact) mass is 421 g/mol. The number of aromatic nitrogens is 2. The molecule has 0 bridgehead atoms. The molecule has 0 N–H and O–H groups in total. The van der Waals surface area contributed by atoms with Gasteiger partial charge in [0.15, 0.2) is 0 Å². The minimum Gasteiger partial charge on any atom is -0.369 e. The number of ether oxygens (including phenoxy) is 1. The van der Waals surface area contributed by atoms with Crippen molar-refractivity contribution < 1.29 is 4.74 Å². The molecule has 0 aliphatic carbocycles. The molecule has 4 nitrogen and oxygen atoms in total. The highest BCUT2D eigenvalue weighted by atomic mass is 79.9. The maximum absolute atomic E-state index is 6.08. The highest BCUT2D eigenvalue weighted by Crippen LogP contribution is 2.27. The first-order valence-electron chi connectivity index (χ1n) is 7.60. The van der Waals surface area contributed by atoms with E-state index in [2.05, 4.69) is 69.1 Å². The lowest BCUT2D eigenvalue weighted by Gasteiger charge is -2.42. The van der Waals surface area contributed by atoms with Gasteiger partial charge in [-0.3, -0.25) is 9.58 Å². The number of hydrogen-bond acceptors (Lipinski definition) is 3. The van der Waals surface area contributed by atoms with E-state index in [1.54, 1.807) is 0 Å². The van der Waals surface area contributed by atoms with Crippen LogP contribution in [0.25, 0.3) is 0 Å². The van der Waals surface area contributed by atoms with Crippen LogP contribution in [0.5, 0.6) is 0 Å². The summed E-state index contributed by atoms with van der Waals surface area (Å²) < 4.78 is 9.37. The van der Waals surface area contributed by atoms with Crippen molar-refractivity contribution in [1.82, 2.24) is 14.7 Å². The topological polar surface area (TPSA) is 30.3 Å². The Hall–Kier alpha value is 0.0900. The molecule has 0 aromatic carbocycles. The van der Waals surface area contributed by atoms with Gasteiger partial charge in [0.1, 0.15) is 0 Å². The van der Waals surface area contributed by atoms with Gasteiger partial charge in [0.2, 0.25) is 0 Å². The van der Waals surface area contributed by atoms with Gasteiger partial charge in [0, 0.05) is 31.5 Å². The molecule has 1 unspecified atom stereocenters. The highest BCUT2D eigenvalue weighted by Gasteiger charge is 2.33. The Labute approximate surface area is 144 Å². The summed E-state index contributed by atoms with van der Waals surface area (Å²) in [5.74, 6) is 0. The van der Waals surface area contributed by atoms with Gasteiger partial charge in [-0.1, -0.05) is 22.9 Å². The van der Waals surface area contributed by atoms with E-state index in [-0.39, 0.29) is 11.7 Å². The van der Waals surface area contributed by atoms with Crippen molar-refractivity contribution in [1.29, 1.82) is 0 Å². The zero-order chi connectivity index (χ0) is 15.6. The molecule has 1 saturated heterocycles. The van der Waals surface area contributed by atoms with Crippen LogP contribution in [0.1, 0.15) is 39.1 Å². The van der Waals surface area contributed by atoms with Gasteiger partial charge in [-0.05, 0) is 43.1 Å². The van der Waals surface area contributed by atoms with Gasteiger partial charge >= 0.3 is 0 Å². The third-order valence-electron chi connectivity index (χ3n) is 3.79. The molecule has 0 spiro atoms. The van der Waals surface area contributed by atoms with Crippen LogP contribution in [0.15, 0.2) is 4.47 Å². The Morgan fingerprint density at radius 1 is 1.38 bits per heavy atom. The quantitative estimate of drug-likeness (QED) is 0.679. The van der Waals surface area contributed by atoms with Crippen LogP contribution in [0.3, 0.4) is 0 Å². The summed E-state index contributed by atoms with van der Waals surface area (Å²) in [7, 11) is 0. The van der Waals surface area contributed by atoms with Gasteiger partial charge in [-0.15, -0.1) is 0 Å². The molecule has 2 rings (SSSR count). The van der Waals surface area contributed by atoms with E-state index in [1.807, 2.05) is 0 Å². The fourth-order valence-electron chi connectivity index (χ4n) is 3.00. The van der Waals surface area contributed by atoms with Crippen LogP contribution in [0.2, 0.25) is 0 Å². The molecule has 21 heavy (non-hydrogen) atoms. The van der Waals surface area contributed by atoms with E-state index in [9.17, 15) is 0 Å². The van der Waals surface area contributed by atoms with Gasteiger partial charge in [-0.25, -0.2) is 0 Å². The molecule has 6 heteroatoms. The molecule has 1 aliphatic rings. The van der Waals surface area contributed by atoms with E-state index in [1.165, 1.54) is 10.2 Å². The van der Waals surface area contributed by atoms with Crippen molar-refractivity contribution in [3.8, 4) is 0 Å². The summed E-state index contributed by atoms with van der Waals surface area (Å²) in [6, 6.07) is 0. The van der Waals surface area contributed by atoms with Crippen molar-refractivity contribution in [2.45, 2.75) is 58.9 Å². The van der Waals surface area contributed by atoms with Crippen LogP contribution in [-0.2, 0) is 24.2 Å². The highest BCUT2D eigenvalue weighted by molar-refractivity contribution is 9.10. The number of rotatable bonds is 5. The molecule has 1 aromatic rings. The Morgan fingerprint density at radius 2 is 2.10 bits per heavy atom. The normalized spacial score (nSPS) is 22.7. The van der Waals surface area contributed by atoms with Crippen molar-refractivity contribution in [2.24, 2.45) is 0 Å². The molecule has 0 saturated carbocycles.